The lowest BCUT2D eigenvalue weighted by Crippen LogP contribution is -2.18. The monoisotopic (exact) mass is 259 g/mol. The first-order valence-electron chi connectivity index (χ1n) is 5.41. The number of benzene rings is 1. The van der Waals surface area contributed by atoms with E-state index in [1.54, 1.807) is 12.1 Å². The number of hydrogen-bond acceptors (Lipinski definition) is 4. The SMILES string of the molecule is CC(=NNC(=O)c1cccs1)c1cccc(N)c1. The molecule has 0 spiro atoms. The molecule has 0 bridgehead atoms. The van der Waals surface area contributed by atoms with Crippen molar-refractivity contribution >= 4 is 28.6 Å². The van der Waals surface area contributed by atoms with Crippen molar-refractivity contribution in [2.24, 2.45) is 5.10 Å². The van der Waals surface area contributed by atoms with Crippen molar-refractivity contribution in [1.82, 2.24) is 5.43 Å². The van der Waals surface area contributed by atoms with Gasteiger partial charge in [0.05, 0.1) is 10.6 Å². The molecule has 1 amide bonds. The van der Waals surface area contributed by atoms with Gasteiger partial charge < -0.3 is 5.73 Å². The molecule has 0 fully saturated rings. The summed E-state index contributed by atoms with van der Waals surface area (Å²) in [6.45, 7) is 1.82. The Bertz CT molecular complexity index is 576. The predicted molar refractivity (Wildman–Crippen MR) is 74.9 cm³/mol. The number of amides is 1. The van der Waals surface area contributed by atoms with Crippen LogP contribution in [0, 0.1) is 0 Å². The van der Waals surface area contributed by atoms with Gasteiger partial charge in [0.15, 0.2) is 0 Å². The Balaban J connectivity index is 2.08. The van der Waals surface area contributed by atoms with Gasteiger partial charge in [0.25, 0.3) is 5.91 Å². The molecular formula is C13H13N3OS. The van der Waals surface area contributed by atoms with Gasteiger partial charge in [-0.1, -0.05) is 18.2 Å². The van der Waals surface area contributed by atoms with E-state index in [0.29, 0.717) is 16.3 Å². The van der Waals surface area contributed by atoms with Crippen LogP contribution in [0.2, 0.25) is 0 Å². The van der Waals surface area contributed by atoms with E-state index in [0.717, 1.165) is 5.56 Å². The van der Waals surface area contributed by atoms with E-state index in [1.165, 1.54) is 11.3 Å². The second kappa shape index (κ2) is 5.46. The summed E-state index contributed by atoms with van der Waals surface area (Å²) >= 11 is 1.38. The van der Waals surface area contributed by atoms with Gasteiger partial charge in [-0.3, -0.25) is 4.79 Å². The lowest BCUT2D eigenvalue weighted by atomic mass is 10.1. The number of nitrogens with two attached hydrogens (primary N) is 1. The van der Waals surface area contributed by atoms with Gasteiger partial charge in [-0.05, 0) is 36.1 Å². The van der Waals surface area contributed by atoms with Crippen LogP contribution in [0.5, 0.6) is 0 Å². The summed E-state index contributed by atoms with van der Waals surface area (Å²) in [5, 5.41) is 5.91. The van der Waals surface area contributed by atoms with E-state index in [-0.39, 0.29) is 5.91 Å². The minimum atomic E-state index is -0.201. The number of hydrogen-bond donors (Lipinski definition) is 2. The van der Waals surface area contributed by atoms with Gasteiger partial charge in [-0.15, -0.1) is 11.3 Å². The topological polar surface area (TPSA) is 67.5 Å². The summed E-state index contributed by atoms with van der Waals surface area (Å²) < 4.78 is 0. The maximum atomic E-state index is 11.7. The molecule has 0 unspecified atom stereocenters. The Morgan fingerprint density at radius 1 is 1.33 bits per heavy atom. The van der Waals surface area contributed by atoms with E-state index in [1.807, 2.05) is 36.6 Å². The van der Waals surface area contributed by atoms with E-state index < -0.39 is 0 Å². The third kappa shape index (κ3) is 2.95. The second-order valence-corrected chi connectivity index (χ2v) is 4.69. The Kier molecular flexibility index (Phi) is 3.74. The summed E-state index contributed by atoms with van der Waals surface area (Å²) in [6, 6.07) is 11.0. The Morgan fingerprint density at radius 2 is 2.17 bits per heavy atom. The molecule has 0 saturated carbocycles. The first-order valence-corrected chi connectivity index (χ1v) is 6.29. The highest BCUT2D eigenvalue weighted by atomic mass is 32.1. The average molecular weight is 259 g/mol. The highest BCUT2D eigenvalue weighted by Crippen LogP contribution is 2.09. The van der Waals surface area contributed by atoms with Gasteiger partial charge in [-0.25, -0.2) is 5.43 Å². The fourth-order valence-electron chi connectivity index (χ4n) is 1.43. The number of nitrogen functional groups attached to an aromatic ring is 1. The fourth-order valence-corrected chi connectivity index (χ4v) is 2.04. The first kappa shape index (κ1) is 12.3. The highest BCUT2D eigenvalue weighted by molar-refractivity contribution is 7.12. The van der Waals surface area contributed by atoms with Crippen molar-refractivity contribution in [3.63, 3.8) is 0 Å². The van der Waals surface area contributed by atoms with Crippen LogP contribution in [-0.2, 0) is 0 Å². The minimum Gasteiger partial charge on any atom is -0.399 e. The number of nitrogens with zero attached hydrogens (tertiary/aromatic N) is 1. The quantitative estimate of drug-likeness (QED) is 0.505. The molecule has 4 nitrogen and oxygen atoms in total. The van der Waals surface area contributed by atoms with Crippen molar-refractivity contribution < 1.29 is 4.79 Å². The third-order valence-corrected chi connectivity index (χ3v) is 3.24. The van der Waals surface area contributed by atoms with Crippen LogP contribution < -0.4 is 11.2 Å². The summed E-state index contributed by atoms with van der Waals surface area (Å²) in [4.78, 5) is 12.3. The van der Waals surface area contributed by atoms with Crippen molar-refractivity contribution in [2.75, 3.05) is 5.73 Å². The van der Waals surface area contributed by atoms with Crippen molar-refractivity contribution in [1.29, 1.82) is 0 Å². The Morgan fingerprint density at radius 3 is 2.83 bits per heavy atom. The molecule has 0 aliphatic carbocycles. The van der Waals surface area contributed by atoms with Gasteiger partial charge in [-0.2, -0.15) is 5.10 Å². The van der Waals surface area contributed by atoms with Crippen LogP contribution in [0.3, 0.4) is 0 Å². The molecule has 18 heavy (non-hydrogen) atoms. The third-order valence-electron chi connectivity index (χ3n) is 2.37. The lowest BCUT2D eigenvalue weighted by molar-refractivity contribution is 0.0959. The van der Waals surface area contributed by atoms with Gasteiger partial charge in [0.1, 0.15) is 0 Å². The molecule has 1 aromatic carbocycles. The van der Waals surface area contributed by atoms with Gasteiger partial charge in [0, 0.05) is 5.69 Å². The van der Waals surface area contributed by atoms with Crippen LogP contribution in [0.15, 0.2) is 46.9 Å². The van der Waals surface area contributed by atoms with Crippen molar-refractivity contribution in [2.45, 2.75) is 6.92 Å². The molecule has 92 valence electrons. The predicted octanol–water partition coefficient (Wildman–Crippen LogP) is 2.48. The molecule has 0 saturated heterocycles. The average Bonchev–Trinajstić information content (AvgIpc) is 2.89. The second-order valence-electron chi connectivity index (χ2n) is 3.74. The molecule has 1 aromatic heterocycles. The van der Waals surface area contributed by atoms with Crippen LogP contribution in [0.4, 0.5) is 5.69 Å². The van der Waals surface area contributed by atoms with Gasteiger partial charge >= 0.3 is 0 Å². The number of carbonyl (C=O) groups is 1. The van der Waals surface area contributed by atoms with Gasteiger partial charge in [0.2, 0.25) is 0 Å². The fraction of sp³-hybridized carbons (Fsp3) is 0.0769. The first-order chi connectivity index (χ1) is 8.66. The molecule has 2 rings (SSSR count). The van der Waals surface area contributed by atoms with Crippen molar-refractivity contribution in [3.05, 3.63) is 52.2 Å². The molecule has 0 radical (unpaired) electrons. The van der Waals surface area contributed by atoms with E-state index in [2.05, 4.69) is 10.5 Å². The highest BCUT2D eigenvalue weighted by Gasteiger charge is 2.05. The smallest absolute Gasteiger partial charge is 0.281 e. The van der Waals surface area contributed by atoms with Crippen molar-refractivity contribution in [3.8, 4) is 0 Å². The molecule has 0 atom stereocenters. The zero-order chi connectivity index (χ0) is 13.0. The molecule has 0 aliphatic heterocycles. The summed E-state index contributed by atoms with van der Waals surface area (Å²) in [7, 11) is 0. The minimum absolute atomic E-state index is 0.201. The molecular weight excluding hydrogens is 246 g/mol. The van der Waals surface area contributed by atoms with E-state index in [9.17, 15) is 4.79 Å². The lowest BCUT2D eigenvalue weighted by Gasteiger charge is -2.02. The standard InChI is InChI=1S/C13H13N3OS/c1-9(10-4-2-5-11(14)8-10)15-16-13(17)12-6-3-7-18-12/h2-8H,14H2,1H3,(H,16,17). The maximum absolute atomic E-state index is 11.7. The number of hydrazone groups is 1. The Hall–Kier alpha value is -2.14. The number of rotatable bonds is 3. The molecule has 2 aromatic rings. The zero-order valence-corrected chi connectivity index (χ0v) is 10.7. The summed E-state index contributed by atoms with van der Waals surface area (Å²) in [5.41, 5.74) is 10.5. The largest absolute Gasteiger partial charge is 0.399 e. The van der Waals surface area contributed by atoms with Crippen LogP contribution in [0.1, 0.15) is 22.2 Å². The number of thiophene rings is 1. The maximum Gasteiger partial charge on any atom is 0.281 e. The Labute approximate surface area is 109 Å². The van der Waals surface area contributed by atoms with E-state index >= 15 is 0 Å². The molecule has 5 heteroatoms. The van der Waals surface area contributed by atoms with E-state index in [4.69, 9.17) is 5.73 Å². The van der Waals surface area contributed by atoms with Crippen LogP contribution in [-0.4, -0.2) is 11.6 Å². The normalized spacial score (nSPS) is 11.3. The zero-order valence-electron chi connectivity index (χ0n) is 9.88. The summed E-state index contributed by atoms with van der Waals surface area (Å²) in [5.74, 6) is -0.201. The van der Waals surface area contributed by atoms with Crippen LogP contribution in [0.25, 0.3) is 0 Å². The summed E-state index contributed by atoms with van der Waals surface area (Å²) in [6.07, 6.45) is 0. The molecule has 3 N–H and O–H groups in total. The number of anilines is 1. The molecule has 0 aliphatic rings. The number of carbonyl (C=O) groups excluding carboxylic acids is 1. The molecule has 1 heterocycles. The van der Waals surface area contributed by atoms with Crippen LogP contribution >= 0.6 is 11.3 Å². The number of nitrogens with one attached hydrogen (secondary N) is 1.